The van der Waals surface area contributed by atoms with Crippen LogP contribution in [0.4, 0.5) is 0 Å². The van der Waals surface area contributed by atoms with E-state index >= 15 is 0 Å². The Morgan fingerprint density at radius 1 is 1.58 bits per heavy atom. The number of oxazole rings is 1. The summed E-state index contributed by atoms with van der Waals surface area (Å²) in [6.45, 7) is 1.90. The second kappa shape index (κ2) is 2.67. The van der Waals surface area contributed by atoms with Crippen LogP contribution in [-0.4, -0.2) is 14.5 Å². The maximum Gasteiger partial charge on any atom is 0.307 e. The Kier molecular flexibility index (Phi) is 1.65. The Morgan fingerprint density at radius 3 is 2.92 bits per heavy atom. The van der Waals surface area contributed by atoms with Crippen LogP contribution in [0.5, 0.6) is 0 Å². The molecule has 0 aliphatic carbocycles. The first-order valence-electron chi connectivity index (χ1n) is 3.41. The minimum atomic E-state index is 0.487. The summed E-state index contributed by atoms with van der Waals surface area (Å²) in [6.07, 6.45) is 4.96. The summed E-state index contributed by atoms with van der Waals surface area (Å²) < 4.78 is 6.80. The maximum atomic E-state index is 5.10. The van der Waals surface area contributed by atoms with E-state index in [0.717, 1.165) is 5.69 Å². The molecule has 4 nitrogen and oxygen atoms in total. The average molecular weight is 181 g/mol. The van der Waals surface area contributed by atoms with E-state index in [2.05, 4.69) is 22.6 Å². The largest absolute Gasteiger partial charge is 0.430 e. The predicted octanol–water partition coefficient (Wildman–Crippen LogP) is 1.46. The minimum absolute atomic E-state index is 0.487. The first-order chi connectivity index (χ1) is 5.75. The highest BCUT2D eigenvalue weighted by Gasteiger charge is 2.02. The van der Waals surface area contributed by atoms with Crippen molar-refractivity contribution >= 4 is 12.6 Å². The second-order valence-corrected chi connectivity index (χ2v) is 2.87. The van der Waals surface area contributed by atoms with E-state index in [1.165, 1.54) is 6.26 Å². The topological polar surface area (TPSA) is 43.9 Å². The van der Waals surface area contributed by atoms with Gasteiger partial charge < -0.3 is 4.42 Å². The van der Waals surface area contributed by atoms with Crippen LogP contribution in [0.25, 0.3) is 6.01 Å². The summed E-state index contributed by atoms with van der Waals surface area (Å²) in [5, 5.41) is 0.566. The number of nitrogens with zero attached hydrogens (tertiary/aromatic N) is 3. The highest BCUT2D eigenvalue weighted by Crippen LogP contribution is 2.10. The molecule has 2 aromatic rings. The van der Waals surface area contributed by atoms with Crippen molar-refractivity contribution in [3.05, 3.63) is 24.5 Å². The van der Waals surface area contributed by atoms with Crippen molar-refractivity contribution in [3.63, 3.8) is 0 Å². The van der Waals surface area contributed by atoms with Gasteiger partial charge in [0.1, 0.15) is 17.6 Å². The van der Waals surface area contributed by atoms with Crippen molar-refractivity contribution in [1.82, 2.24) is 14.5 Å². The van der Waals surface area contributed by atoms with E-state index in [1.54, 1.807) is 10.9 Å². The first kappa shape index (κ1) is 7.42. The van der Waals surface area contributed by atoms with Crippen LogP contribution < -0.4 is 0 Å². The molecular formula is C7H7N3OS. The van der Waals surface area contributed by atoms with Crippen molar-refractivity contribution in [2.45, 2.75) is 11.9 Å². The predicted molar refractivity (Wildman–Crippen MR) is 45.6 cm³/mol. The fourth-order valence-electron chi connectivity index (χ4n) is 0.901. The Labute approximate surface area is 74.7 Å². The van der Waals surface area contributed by atoms with E-state index in [-0.39, 0.29) is 0 Å². The van der Waals surface area contributed by atoms with E-state index in [4.69, 9.17) is 4.42 Å². The third-order valence-electron chi connectivity index (χ3n) is 1.41. The van der Waals surface area contributed by atoms with Gasteiger partial charge in [-0.25, -0.2) is 4.98 Å². The summed E-state index contributed by atoms with van der Waals surface area (Å²) in [6, 6.07) is 0.487. The lowest BCUT2D eigenvalue weighted by atomic mass is 10.6. The fourth-order valence-corrected chi connectivity index (χ4v) is 1.04. The van der Waals surface area contributed by atoms with E-state index in [9.17, 15) is 0 Å². The SMILES string of the molecule is Cc1cn(-c2nc(S)co2)cn1. The van der Waals surface area contributed by atoms with Gasteiger partial charge in [0.2, 0.25) is 0 Å². The number of hydrogen-bond donors (Lipinski definition) is 1. The van der Waals surface area contributed by atoms with Gasteiger partial charge in [0.05, 0.1) is 5.69 Å². The van der Waals surface area contributed by atoms with Crippen LogP contribution in [0.2, 0.25) is 0 Å². The third-order valence-corrected chi connectivity index (χ3v) is 1.62. The molecule has 0 atom stereocenters. The molecule has 0 fully saturated rings. The van der Waals surface area contributed by atoms with Crippen LogP contribution in [0, 0.1) is 6.92 Å². The molecule has 0 aliphatic heterocycles. The number of thiol groups is 1. The molecular weight excluding hydrogens is 174 g/mol. The highest BCUT2D eigenvalue weighted by molar-refractivity contribution is 7.80. The molecule has 62 valence electrons. The molecule has 2 rings (SSSR count). The van der Waals surface area contributed by atoms with Crippen LogP contribution in [0.1, 0.15) is 5.69 Å². The molecule has 0 unspecified atom stereocenters. The van der Waals surface area contributed by atoms with Crippen molar-refractivity contribution in [2.75, 3.05) is 0 Å². The molecule has 12 heavy (non-hydrogen) atoms. The second-order valence-electron chi connectivity index (χ2n) is 2.41. The van der Waals surface area contributed by atoms with E-state index in [1.807, 2.05) is 13.1 Å². The quantitative estimate of drug-likeness (QED) is 0.677. The Bertz CT molecular complexity index is 355. The number of aromatic nitrogens is 3. The van der Waals surface area contributed by atoms with Crippen molar-refractivity contribution in [1.29, 1.82) is 0 Å². The molecule has 0 saturated heterocycles. The zero-order chi connectivity index (χ0) is 8.55. The summed E-state index contributed by atoms with van der Waals surface area (Å²) >= 11 is 4.02. The van der Waals surface area contributed by atoms with Crippen LogP contribution >= 0.6 is 12.6 Å². The Morgan fingerprint density at radius 2 is 2.42 bits per heavy atom. The van der Waals surface area contributed by atoms with Crippen LogP contribution in [0.15, 0.2) is 28.2 Å². The first-order valence-corrected chi connectivity index (χ1v) is 3.86. The molecule has 0 radical (unpaired) electrons. The monoisotopic (exact) mass is 181 g/mol. The number of hydrogen-bond acceptors (Lipinski definition) is 4. The van der Waals surface area contributed by atoms with Gasteiger partial charge in [-0.2, -0.15) is 4.98 Å². The smallest absolute Gasteiger partial charge is 0.307 e. The Balaban J connectivity index is 2.43. The summed E-state index contributed by atoms with van der Waals surface area (Å²) in [5.74, 6) is 0. The zero-order valence-corrected chi connectivity index (χ0v) is 7.32. The lowest BCUT2D eigenvalue weighted by Crippen LogP contribution is -1.88. The average Bonchev–Trinajstić information content (AvgIpc) is 2.58. The molecule has 0 amide bonds. The molecule has 0 bridgehead atoms. The molecule has 2 heterocycles. The van der Waals surface area contributed by atoms with E-state index < -0.39 is 0 Å². The van der Waals surface area contributed by atoms with Gasteiger partial charge in [0.15, 0.2) is 0 Å². The lowest BCUT2D eigenvalue weighted by molar-refractivity contribution is 0.525. The molecule has 0 aliphatic rings. The summed E-state index contributed by atoms with van der Waals surface area (Å²) in [5.41, 5.74) is 0.925. The summed E-state index contributed by atoms with van der Waals surface area (Å²) in [7, 11) is 0. The number of imidazole rings is 1. The molecule has 2 aromatic heterocycles. The van der Waals surface area contributed by atoms with Crippen molar-refractivity contribution in [3.8, 4) is 6.01 Å². The third kappa shape index (κ3) is 1.23. The maximum absolute atomic E-state index is 5.10. The van der Waals surface area contributed by atoms with Gasteiger partial charge in [-0.3, -0.25) is 4.57 Å². The zero-order valence-electron chi connectivity index (χ0n) is 6.43. The summed E-state index contributed by atoms with van der Waals surface area (Å²) in [4.78, 5) is 8.06. The number of aryl methyl sites for hydroxylation is 1. The lowest BCUT2D eigenvalue weighted by Gasteiger charge is -1.89. The molecule has 0 N–H and O–H groups in total. The van der Waals surface area contributed by atoms with Crippen LogP contribution in [-0.2, 0) is 0 Å². The molecule has 0 spiro atoms. The normalized spacial score (nSPS) is 10.5. The van der Waals surface area contributed by atoms with Gasteiger partial charge in [-0.1, -0.05) is 0 Å². The van der Waals surface area contributed by atoms with Crippen LogP contribution in [0.3, 0.4) is 0 Å². The molecule has 5 heteroatoms. The standard InChI is InChI=1S/C7H7N3OS/c1-5-2-10(4-8-5)7-9-6(12)3-11-7/h2-4,12H,1H3. The van der Waals surface area contributed by atoms with E-state index in [0.29, 0.717) is 11.0 Å². The highest BCUT2D eigenvalue weighted by atomic mass is 32.1. The molecule has 0 aromatic carbocycles. The Hall–Kier alpha value is -1.23. The minimum Gasteiger partial charge on any atom is -0.430 e. The van der Waals surface area contributed by atoms with Crippen molar-refractivity contribution in [2.24, 2.45) is 0 Å². The van der Waals surface area contributed by atoms with Gasteiger partial charge in [-0.05, 0) is 6.92 Å². The van der Waals surface area contributed by atoms with Gasteiger partial charge >= 0.3 is 6.01 Å². The van der Waals surface area contributed by atoms with Gasteiger partial charge in [0, 0.05) is 6.20 Å². The van der Waals surface area contributed by atoms with Gasteiger partial charge in [0.25, 0.3) is 0 Å². The van der Waals surface area contributed by atoms with Gasteiger partial charge in [-0.15, -0.1) is 12.6 Å². The van der Waals surface area contributed by atoms with Crippen molar-refractivity contribution < 1.29 is 4.42 Å². The molecule has 0 saturated carbocycles. The number of rotatable bonds is 1. The fraction of sp³-hybridized carbons (Fsp3) is 0.143.